The first kappa shape index (κ1) is 46.2. The van der Waals surface area contributed by atoms with E-state index in [0.717, 1.165) is 47.3 Å². The van der Waals surface area contributed by atoms with Gasteiger partial charge in [-0.25, -0.2) is 0 Å². The third kappa shape index (κ3) is 14.7. The predicted molar refractivity (Wildman–Crippen MR) is 240 cm³/mol. The Balaban J connectivity index is 3.73. The molecule has 0 N–H and O–H groups in total. The second-order valence-electron chi connectivity index (χ2n) is 14.0. The first-order valence-corrected chi connectivity index (χ1v) is 20.2. The largest absolute Gasteiger partial charge is 0.349 e. The van der Waals surface area contributed by atoms with Gasteiger partial charge in [0, 0.05) is 28.3 Å². The molecule has 0 saturated carbocycles. The summed E-state index contributed by atoms with van der Waals surface area (Å²) in [5, 5.41) is 0. The fourth-order valence-electron chi connectivity index (χ4n) is 5.77. The molecule has 282 valence electrons. The van der Waals surface area contributed by atoms with E-state index in [-0.39, 0.29) is 11.5 Å². The van der Waals surface area contributed by atoms with Crippen LogP contribution in [0.5, 0.6) is 0 Å². The molecule has 0 aromatic carbocycles. The Hall–Kier alpha value is -3.82. The van der Waals surface area contributed by atoms with E-state index in [0.29, 0.717) is 6.67 Å². The van der Waals surface area contributed by atoms with Gasteiger partial charge in [0.05, 0.1) is 0 Å². The van der Waals surface area contributed by atoms with E-state index in [9.17, 15) is 0 Å². The maximum Gasteiger partial charge on any atom is 0.110 e. The van der Waals surface area contributed by atoms with E-state index in [1.54, 1.807) is 11.8 Å². The minimum Gasteiger partial charge on any atom is -0.349 e. The number of allylic oxidation sites excluding steroid dienone is 24. The molecule has 0 spiro atoms. The molecular weight excluding hydrogens is 649 g/mol. The van der Waals surface area contributed by atoms with Gasteiger partial charge >= 0.3 is 0 Å². The Morgan fingerprint density at radius 3 is 2.21 bits per heavy atom. The Labute approximate surface area is 324 Å². The average Bonchev–Trinajstić information content (AvgIpc) is 3.13. The minimum absolute atomic E-state index is 0.0213. The molecule has 3 heteroatoms. The van der Waals surface area contributed by atoms with Crippen LogP contribution >= 0.6 is 11.8 Å². The molecule has 1 unspecified atom stereocenters. The average molecular weight is 719 g/mol. The fraction of sp³-hybridized carbons (Fsp3) is 0.408. The van der Waals surface area contributed by atoms with Gasteiger partial charge in [-0.1, -0.05) is 143 Å². The second kappa shape index (κ2) is 24.4. The van der Waals surface area contributed by atoms with Gasteiger partial charge in [-0.3, -0.25) is 4.99 Å². The molecule has 0 aromatic heterocycles. The quantitative estimate of drug-likeness (QED) is 0.0707. The zero-order valence-electron chi connectivity index (χ0n) is 35.1. The highest BCUT2D eigenvalue weighted by Crippen LogP contribution is 2.37. The van der Waals surface area contributed by atoms with Gasteiger partial charge in [-0.05, 0) is 127 Å². The topological polar surface area (TPSA) is 15.6 Å². The predicted octanol–water partition coefficient (Wildman–Crippen LogP) is 14.9. The van der Waals surface area contributed by atoms with Crippen molar-refractivity contribution < 1.29 is 0 Å². The molecule has 0 heterocycles. The van der Waals surface area contributed by atoms with Crippen LogP contribution in [0.1, 0.15) is 109 Å². The molecule has 1 aliphatic carbocycles. The van der Waals surface area contributed by atoms with Crippen molar-refractivity contribution in [2.75, 3.05) is 12.9 Å². The molecule has 0 bridgehead atoms. The molecule has 2 nitrogen and oxygen atoms in total. The van der Waals surface area contributed by atoms with Crippen LogP contribution in [0.4, 0.5) is 0 Å². The number of aliphatic imine (C=N–C) groups is 1. The number of rotatable bonds is 20. The molecule has 1 rings (SSSR count). The van der Waals surface area contributed by atoms with Gasteiger partial charge in [-0.2, -0.15) is 0 Å². The lowest BCUT2D eigenvalue weighted by Crippen LogP contribution is -2.32. The molecule has 0 fully saturated rings. The highest BCUT2D eigenvalue weighted by atomic mass is 32.2. The lowest BCUT2D eigenvalue weighted by molar-refractivity contribution is 0.305. The van der Waals surface area contributed by atoms with Gasteiger partial charge in [-0.15, -0.1) is 11.8 Å². The van der Waals surface area contributed by atoms with Crippen molar-refractivity contribution in [3.8, 4) is 0 Å². The Bertz CT molecular complexity index is 1630. The van der Waals surface area contributed by atoms with Gasteiger partial charge in [0.1, 0.15) is 6.67 Å². The SMILES string of the molecule is C=C/C(SC)=C(C)/C(=C/C=C\C)C(=C)/C=N\CN(C1=CC=C(C(=C/C=C(C)/C(C)=C/CC)/C=C(\C)C(C)(C)/C(C)=C/C)CC1)C(C)/C=C\C=C/CC. The first-order valence-electron chi connectivity index (χ1n) is 19.0. The maximum absolute atomic E-state index is 4.99. The molecule has 0 saturated heterocycles. The molecule has 0 aromatic rings. The summed E-state index contributed by atoms with van der Waals surface area (Å²) in [5.74, 6) is 0. The number of hydrogen-bond acceptors (Lipinski definition) is 3. The van der Waals surface area contributed by atoms with Crippen LogP contribution in [-0.4, -0.2) is 30.1 Å². The van der Waals surface area contributed by atoms with E-state index in [4.69, 9.17) is 4.99 Å². The molecule has 52 heavy (non-hydrogen) atoms. The molecule has 1 atom stereocenters. The van der Waals surface area contributed by atoms with Crippen molar-refractivity contribution in [3.63, 3.8) is 0 Å². The lowest BCUT2D eigenvalue weighted by atomic mass is 9.77. The van der Waals surface area contributed by atoms with E-state index in [1.165, 1.54) is 39.1 Å². The molecule has 0 amide bonds. The van der Waals surface area contributed by atoms with E-state index in [2.05, 4.69) is 179 Å². The Morgan fingerprint density at radius 1 is 0.942 bits per heavy atom. The Kier molecular flexibility index (Phi) is 21.7. The summed E-state index contributed by atoms with van der Waals surface area (Å²) in [5.41, 5.74) is 12.4. The van der Waals surface area contributed by atoms with Crippen molar-refractivity contribution in [1.29, 1.82) is 0 Å². The Morgan fingerprint density at radius 2 is 1.65 bits per heavy atom. The molecule has 1 aliphatic rings. The van der Waals surface area contributed by atoms with Crippen LogP contribution in [0.2, 0.25) is 0 Å². The van der Waals surface area contributed by atoms with E-state index < -0.39 is 0 Å². The summed E-state index contributed by atoms with van der Waals surface area (Å²) in [6, 6.07) is 0.164. The van der Waals surface area contributed by atoms with Crippen molar-refractivity contribution in [2.24, 2.45) is 10.4 Å². The number of hydrogen-bond donors (Lipinski definition) is 0. The summed E-state index contributed by atoms with van der Waals surface area (Å²) < 4.78 is 0. The van der Waals surface area contributed by atoms with Crippen molar-refractivity contribution in [1.82, 2.24) is 4.90 Å². The van der Waals surface area contributed by atoms with Crippen LogP contribution in [0.15, 0.2) is 170 Å². The summed E-state index contributed by atoms with van der Waals surface area (Å²) in [4.78, 5) is 8.54. The summed E-state index contributed by atoms with van der Waals surface area (Å²) in [6.07, 6.45) is 41.0. The maximum atomic E-state index is 4.99. The lowest BCUT2D eigenvalue weighted by Gasteiger charge is -2.32. The number of nitrogens with zero attached hydrogens (tertiary/aromatic N) is 2. The zero-order chi connectivity index (χ0) is 39.3. The van der Waals surface area contributed by atoms with Gasteiger partial charge in [0.25, 0.3) is 0 Å². The molecular formula is C49H70N2S. The zero-order valence-corrected chi connectivity index (χ0v) is 35.9. The van der Waals surface area contributed by atoms with E-state index >= 15 is 0 Å². The molecule has 0 radical (unpaired) electrons. The summed E-state index contributed by atoms with van der Waals surface area (Å²) in [7, 11) is 0. The van der Waals surface area contributed by atoms with Gasteiger partial charge in [0.15, 0.2) is 0 Å². The van der Waals surface area contributed by atoms with Crippen molar-refractivity contribution >= 4 is 18.0 Å². The third-order valence-corrected chi connectivity index (χ3v) is 11.0. The van der Waals surface area contributed by atoms with Crippen LogP contribution < -0.4 is 0 Å². The van der Waals surface area contributed by atoms with E-state index in [1.807, 2.05) is 25.3 Å². The second-order valence-corrected chi connectivity index (χ2v) is 14.8. The highest BCUT2D eigenvalue weighted by Gasteiger charge is 2.23. The third-order valence-electron chi connectivity index (χ3n) is 10.1. The number of thioether (sulfide) groups is 1. The van der Waals surface area contributed by atoms with Crippen LogP contribution in [0.25, 0.3) is 0 Å². The summed E-state index contributed by atoms with van der Waals surface area (Å²) in [6.45, 7) is 35.4. The van der Waals surface area contributed by atoms with Gasteiger partial charge in [0.2, 0.25) is 0 Å². The highest BCUT2D eigenvalue weighted by molar-refractivity contribution is 8.02. The van der Waals surface area contributed by atoms with Crippen molar-refractivity contribution in [2.45, 2.75) is 115 Å². The minimum atomic E-state index is -0.0213. The van der Waals surface area contributed by atoms with Crippen LogP contribution in [0, 0.1) is 5.41 Å². The van der Waals surface area contributed by atoms with Crippen LogP contribution in [0.3, 0.4) is 0 Å². The molecule has 0 aliphatic heterocycles. The standard InChI is InChI=1S/C49H70N2S/c1-16-21-23-24-26-42(11)51(36-50-35-39(8)47(27-22-17-2)43(12)48(20-5)52-15)46-32-30-44(31-33-46)45(29-28-38(7)37(6)25-18-3)34-41(10)49(13,14)40(9)19-4/h17,19-30,32,34-35,42H,5,8,16,18,31,33,36H2,1-4,6-7,9-15H3/b22-17-,23-21-,26-24-,37-25+,38-28+,40-19+,41-34+,45-29+,47-27+,48-43-,50-35-. The smallest absolute Gasteiger partial charge is 0.110 e. The monoisotopic (exact) mass is 719 g/mol. The summed E-state index contributed by atoms with van der Waals surface area (Å²) >= 11 is 1.70. The van der Waals surface area contributed by atoms with Crippen molar-refractivity contribution in [3.05, 3.63) is 165 Å². The normalized spacial score (nSPS) is 17.3. The fourth-order valence-corrected chi connectivity index (χ4v) is 6.36. The first-order chi connectivity index (χ1) is 24.7. The van der Waals surface area contributed by atoms with Gasteiger partial charge < -0.3 is 4.90 Å². The van der Waals surface area contributed by atoms with Crippen LogP contribution in [-0.2, 0) is 0 Å².